The van der Waals surface area contributed by atoms with E-state index in [1.165, 1.54) is 11.1 Å². The molecular weight excluding hydrogens is 336 g/mol. The number of rotatable bonds is 3. The summed E-state index contributed by atoms with van der Waals surface area (Å²) >= 11 is 0. The Morgan fingerprint density at radius 3 is 1.96 bits per heavy atom. The molecule has 4 nitrogen and oxygen atoms in total. The third-order valence-electron chi connectivity index (χ3n) is 5.18. The van der Waals surface area contributed by atoms with Crippen LogP contribution < -0.4 is 5.73 Å². The van der Waals surface area contributed by atoms with E-state index < -0.39 is 12.0 Å². The van der Waals surface area contributed by atoms with Crippen molar-refractivity contribution in [2.45, 2.75) is 91.0 Å². The van der Waals surface area contributed by atoms with Crippen molar-refractivity contribution in [2.24, 2.45) is 5.73 Å². The summed E-state index contributed by atoms with van der Waals surface area (Å²) in [6.07, 6.45) is 0.319. The van der Waals surface area contributed by atoms with Crippen LogP contribution >= 0.6 is 0 Å². The summed E-state index contributed by atoms with van der Waals surface area (Å²) in [6.45, 7) is 19.7. The van der Waals surface area contributed by atoms with Crippen LogP contribution in [0, 0.1) is 0 Å². The fourth-order valence-corrected chi connectivity index (χ4v) is 3.53. The number of carboxylic acids is 1. The van der Waals surface area contributed by atoms with Crippen molar-refractivity contribution in [3.05, 3.63) is 34.5 Å². The third kappa shape index (κ3) is 4.37. The van der Waals surface area contributed by atoms with Gasteiger partial charge in [-0.15, -0.1) is 0 Å². The van der Waals surface area contributed by atoms with Crippen LogP contribution in [0.3, 0.4) is 0 Å². The van der Waals surface area contributed by atoms with E-state index in [1.54, 1.807) is 0 Å². The summed E-state index contributed by atoms with van der Waals surface area (Å²) in [5.41, 5.74) is 11.5. The van der Waals surface area contributed by atoms with Crippen LogP contribution in [0.2, 0.25) is 0 Å². The maximum absolute atomic E-state index is 11.4. The first-order valence-corrected chi connectivity index (χ1v) is 9.72. The Morgan fingerprint density at radius 2 is 1.56 bits per heavy atom. The van der Waals surface area contributed by atoms with Gasteiger partial charge in [0.15, 0.2) is 0 Å². The highest BCUT2D eigenvalue weighted by atomic mass is 16.4. The molecule has 0 saturated heterocycles. The molecule has 2 aromatic rings. The van der Waals surface area contributed by atoms with Gasteiger partial charge in [0.25, 0.3) is 0 Å². The number of hydrogen-bond acceptors (Lipinski definition) is 2. The number of aromatic amines is 1. The van der Waals surface area contributed by atoms with E-state index in [9.17, 15) is 9.90 Å². The zero-order chi connectivity index (χ0) is 20.9. The van der Waals surface area contributed by atoms with Gasteiger partial charge in [0.1, 0.15) is 6.04 Å². The van der Waals surface area contributed by atoms with Gasteiger partial charge in [-0.3, -0.25) is 4.79 Å². The molecule has 4 N–H and O–H groups in total. The fourth-order valence-electron chi connectivity index (χ4n) is 3.53. The maximum atomic E-state index is 11.4. The molecule has 1 heterocycles. The van der Waals surface area contributed by atoms with E-state index in [4.69, 9.17) is 5.73 Å². The van der Waals surface area contributed by atoms with E-state index in [-0.39, 0.29) is 16.2 Å². The molecule has 4 heteroatoms. The number of fused-ring (bicyclic) bond motifs is 1. The molecule has 1 aromatic carbocycles. The average molecular weight is 373 g/mol. The number of hydrogen-bond donors (Lipinski definition) is 3. The first-order valence-electron chi connectivity index (χ1n) is 9.72. The van der Waals surface area contributed by atoms with Gasteiger partial charge in [-0.25, -0.2) is 0 Å². The second-order valence-corrected chi connectivity index (χ2v) is 10.8. The predicted octanol–water partition coefficient (Wildman–Crippen LogP) is 5.01. The van der Waals surface area contributed by atoms with Crippen molar-refractivity contribution in [1.29, 1.82) is 0 Å². The molecule has 150 valence electrons. The van der Waals surface area contributed by atoms with Gasteiger partial charge < -0.3 is 15.8 Å². The summed E-state index contributed by atoms with van der Waals surface area (Å²) in [7, 11) is 0. The van der Waals surface area contributed by atoms with Gasteiger partial charge in [-0.2, -0.15) is 0 Å². The Labute approximate surface area is 163 Å². The number of aromatic nitrogens is 1. The molecule has 2 rings (SSSR count). The van der Waals surface area contributed by atoms with Gasteiger partial charge >= 0.3 is 5.97 Å². The minimum absolute atomic E-state index is 0.000456. The van der Waals surface area contributed by atoms with Crippen LogP contribution in [0.25, 0.3) is 10.9 Å². The van der Waals surface area contributed by atoms with Crippen molar-refractivity contribution in [1.82, 2.24) is 4.98 Å². The lowest BCUT2D eigenvalue weighted by Crippen LogP contribution is -2.33. The fraction of sp³-hybridized carbons (Fsp3) is 0.609. The number of carboxylic acid groups (broad SMARTS) is 1. The zero-order valence-corrected chi connectivity index (χ0v) is 18.4. The van der Waals surface area contributed by atoms with Crippen molar-refractivity contribution < 1.29 is 9.90 Å². The summed E-state index contributed by atoms with van der Waals surface area (Å²) in [5, 5.41) is 10.5. The molecule has 0 saturated carbocycles. The SMILES string of the molecule is CC(C)(C)c1cc(C(C)(C)C)c2[nH]c(C(C)(C)C)c(CC(N)C(=O)O)c2c1. The Morgan fingerprint density at radius 1 is 1.00 bits per heavy atom. The molecule has 0 aliphatic rings. The highest BCUT2D eigenvalue weighted by Crippen LogP contribution is 2.40. The molecule has 27 heavy (non-hydrogen) atoms. The largest absolute Gasteiger partial charge is 0.480 e. The zero-order valence-electron chi connectivity index (χ0n) is 18.4. The summed E-state index contributed by atoms with van der Waals surface area (Å²) in [5.74, 6) is -0.966. The first kappa shape index (κ1) is 21.5. The Hall–Kier alpha value is -1.81. The molecule has 0 amide bonds. The van der Waals surface area contributed by atoms with Gasteiger partial charge in [0.2, 0.25) is 0 Å². The standard InChI is InChI=1S/C23H36N2O2/c1-21(2,3)13-10-14-15(12-17(24)20(26)27)19(23(7,8)9)25-18(14)16(11-13)22(4,5)6/h10-11,17,25H,12,24H2,1-9H3,(H,26,27). The molecule has 0 aliphatic carbocycles. The second kappa shape index (κ2) is 6.66. The highest BCUT2D eigenvalue weighted by molar-refractivity contribution is 5.90. The number of carbonyl (C=O) groups is 1. The lowest BCUT2D eigenvalue weighted by atomic mass is 9.79. The minimum Gasteiger partial charge on any atom is -0.480 e. The molecule has 1 aromatic heterocycles. The number of nitrogens with one attached hydrogen (secondary N) is 1. The summed E-state index contributed by atoms with van der Waals surface area (Å²) in [6, 6.07) is 3.60. The molecule has 0 bridgehead atoms. The van der Waals surface area contributed by atoms with Crippen LogP contribution in [0.15, 0.2) is 12.1 Å². The molecule has 0 aliphatic heterocycles. The highest BCUT2D eigenvalue weighted by Gasteiger charge is 2.30. The number of aliphatic carboxylic acids is 1. The number of benzene rings is 1. The van der Waals surface area contributed by atoms with E-state index in [1.807, 2.05) is 0 Å². The third-order valence-corrected chi connectivity index (χ3v) is 5.18. The van der Waals surface area contributed by atoms with Gasteiger partial charge in [0, 0.05) is 28.4 Å². The monoisotopic (exact) mass is 372 g/mol. The van der Waals surface area contributed by atoms with E-state index >= 15 is 0 Å². The van der Waals surface area contributed by atoms with Crippen LogP contribution in [-0.4, -0.2) is 22.1 Å². The van der Waals surface area contributed by atoms with Gasteiger partial charge in [-0.05, 0) is 33.6 Å². The molecule has 0 fully saturated rings. The average Bonchev–Trinajstić information content (AvgIpc) is 2.83. The lowest BCUT2D eigenvalue weighted by Gasteiger charge is -2.26. The van der Waals surface area contributed by atoms with Crippen molar-refractivity contribution >= 4 is 16.9 Å². The topological polar surface area (TPSA) is 79.1 Å². The Bertz CT molecular complexity index is 856. The van der Waals surface area contributed by atoms with Crippen LogP contribution in [0.1, 0.15) is 84.7 Å². The van der Waals surface area contributed by atoms with Crippen LogP contribution in [-0.2, 0) is 27.5 Å². The normalized spacial score (nSPS) is 14.6. The molecular formula is C23H36N2O2. The summed E-state index contributed by atoms with van der Waals surface area (Å²) in [4.78, 5) is 15.1. The Kier molecular flexibility index (Phi) is 5.30. The van der Waals surface area contributed by atoms with Crippen molar-refractivity contribution in [3.63, 3.8) is 0 Å². The second-order valence-electron chi connectivity index (χ2n) is 10.8. The number of nitrogens with two attached hydrogens (primary N) is 1. The molecule has 1 unspecified atom stereocenters. The smallest absolute Gasteiger partial charge is 0.320 e. The maximum Gasteiger partial charge on any atom is 0.320 e. The minimum atomic E-state index is -0.966. The van der Waals surface area contributed by atoms with E-state index in [0.717, 1.165) is 22.2 Å². The summed E-state index contributed by atoms with van der Waals surface area (Å²) < 4.78 is 0. The Balaban J connectivity index is 2.93. The van der Waals surface area contributed by atoms with Gasteiger partial charge in [-0.1, -0.05) is 68.4 Å². The van der Waals surface area contributed by atoms with Gasteiger partial charge in [0.05, 0.1) is 0 Å². The molecule has 1 atom stereocenters. The van der Waals surface area contributed by atoms with Crippen molar-refractivity contribution in [3.8, 4) is 0 Å². The van der Waals surface area contributed by atoms with E-state index in [0.29, 0.717) is 6.42 Å². The molecule has 0 spiro atoms. The van der Waals surface area contributed by atoms with Crippen LogP contribution in [0.4, 0.5) is 0 Å². The van der Waals surface area contributed by atoms with Crippen LogP contribution in [0.5, 0.6) is 0 Å². The number of H-pyrrole nitrogens is 1. The molecule has 0 radical (unpaired) electrons. The first-order chi connectivity index (χ1) is 12.0. The quantitative estimate of drug-likeness (QED) is 0.708. The van der Waals surface area contributed by atoms with E-state index in [2.05, 4.69) is 79.4 Å². The van der Waals surface area contributed by atoms with Crippen molar-refractivity contribution in [2.75, 3.05) is 0 Å². The predicted molar refractivity (Wildman–Crippen MR) is 114 cm³/mol. The lowest BCUT2D eigenvalue weighted by molar-refractivity contribution is -0.138.